The molecule has 5 heteroatoms. The van der Waals surface area contributed by atoms with Crippen molar-refractivity contribution in [2.45, 2.75) is 26.4 Å². The van der Waals surface area contributed by atoms with Crippen molar-refractivity contribution in [2.24, 2.45) is 0 Å². The minimum Gasteiger partial charge on any atom is -0.496 e. The van der Waals surface area contributed by atoms with Crippen LogP contribution in [0.25, 0.3) is 0 Å². The normalized spacial score (nSPS) is 10.4. The fraction of sp³-hybridized carbons (Fsp3) is 0.467. The Morgan fingerprint density at radius 2 is 2.10 bits per heavy atom. The van der Waals surface area contributed by atoms with Gasteiger partial charge in [0.05, 0.1) is 32.4 Å². The smallest absolute Gasteiger partial charge is 0.319 e. The maximum atomic E-state index is 11.4. The summed E-state index contributed by atoms with van der Waals surface area (Å²) in [4.78, 5) is 13.4. The molecule has 0 fully saturated rings. The second-order valence-electron chi connectivity index (χ2n) is 4.71. The number of nitriles is 1. The van der Waals surface area contributed by atoms with Gasteiger partial charge in [0.15, 0.2) is 0 Å². The van der Waals surface area contributed by atoms with Gasteiger partial charge in [0.1, 0.15) is 5.75 Å². The zero-order valence-corrected chi connectivity index (χ0v) is 12.3. The molecule has 0 saturated heterocycles. The van der Waals surface area contributed by atoms with E-state index in [2.05, 4.69) is 6.07 Å². The van der Waals surface area contributed by atoms with Crippen LogP contribution in [0.4, 0.5) is 0 Å². The van der Waals surface area contributed by atoms with E-state index in [-0.39, 0.29) is 18.6 Å². The molecule has 1 aromatic carbocycles. The van der Waals surface area contributed by atoms with Gasteiger partial charge < -0.3 is 9.47 Å². The van der Waals surface area contributed by atoms with Gasteiger partial charge in [-0.25, -0.2) is 0 Å². The molecule has 0 spiro atoms. The SMILES string of the molecule is COC(=O)CN(Cc1cc(C#N)ccc1OC)C(C)C. The molecule has 108 valence electrons. The molecule has 0 heterocycles. The molecule has 0 atom stereocenters. The third-order valence-corrected chi connectivity index (χ3v) is 3.07. The zero-order valence-electron chi connectivity index (χ0n) is 12.3. The molecule has 0 aliphatic carbocycles. The first-order valence-corrected chi connectivity index (χ1v) is 6.39. The summed E-state index contributed by atoms with van der Waals surface area (Å²) in [5, 5.41) is 8.97. The molecule has 0 aliphatic rings. The molecular formula is C15H20N2O3. The van der Waals surface area contributed by atoms with Crippen molar-refractivity contribution >= 4 is 5.97 Å². The first kappa shape index (κ1) is 16.0. The second-order valence-corrected chi connectivity index (χ2v) is 4.71. The van der Waals surface area contributed by atoms with Crippen LogP contribution in [-0.2, 0) is 16.1 Å². The van der Waals surface area contributed by atoms with Gasteiger partial charge in [0.25, 0.3) is 0 Å². The van der Waals surface area contributed by atoms with Crippen molar-refractivity contribution in [2.75, 3.05) is 20.8 Å². The fourth-order valence-electron chi connectivity index (χ4n) is 1.84. The van der Waals surface area contributed by atoms with E-state index in [1.807, 2.05) is 18.7 Å². The number of rotatable bonds is 6. The largest absolute Gasteiger partial charge is 0.496 e. The van der Waals surface area contributed by atoms with Crippen LogP contribution >= 0.6 is 0 Å². The number of methoxy groups -OCH3 is 2. The van der Waals surface area contributed by atoms with Crippen molar-refractivity contribution < 1.29 is 14.3 Å². The standard InChI is InChI=1S/C15H20N2O3/c1-11(2)17(10-15(18)20-4)9-13-7-12(8-16)5-6-14(13)19-3/h5-7,11H,9-10H2,1-4H3. The number of benzene rings is 1. The summed E-state index contributed by atoms with van der Waals surface area (Å²) in [6.07, 6.45) is 0. The molecule has 0 aromatic heterocycles. The molecule has 5 nitrogen and oxygen atoms in total. The van der Waals surface area contributed by atoms with Crippen molar-refractivity contribution in [3.05, 3.63) is 29.3 Å². The number of hydrogen-bond acceptors (Lipinski definition) is 5. The van der Waals surface area contributed by atoms with E-state index in [4.69, 9.17) is 14.7 Å². The number of carbonyl (C=O) groups excluding carboxylic acids is 1. The van der Waals surface area contributed by atoms with Gasteiger partial charge in [0, 0.05) is 18.2 Å². The molecule has 0 unspecified atom stereocenters. The van der Waals surface area contributed by atoms with Crippen LogP contribution in [0.2, 0.25) is 0 Å². The van der Waals surface area contributed by atoms with Gasteiger partial charge in [-0.3, -0.25) is 9.69 Å². The van der Waals surface area contributed by atoms with Crippen LogP contribution < -0.4 is 4.74 Å². The number of ether oxygens (including phenoxy) is 2. The van der Waals surface area contributed by atoms with Crippen LogP contribution in [0.15, 0.2) is 18.2 Å². The van der Waals surface area contributed by atoms with E-state index in [0.717, 1.165) is 5.56 Å². The zero-order chi connectivity index (χ0) is 15.1. The molecule has 0 bridgehead atoms. The van der Waals surface area contributed by atoms with Gasteiger partial charge in [-0.2, -0.15) is 5.26 Å². The maximum Gasteiger partial charge on any atom is 0.319 e. The summed E-state index contributed by atoms with van der Waals surface area (Å²) < 4.78 is 10.0. The van der Waals surface area contributed by atoms with Crippen LogP contribution in [-0.4, -0.2) is 37.7 Å². The highest BCUT2D eigenvalue weighted by atomic mass is 16.5. The topological polar surface area (TPSA) is 62.6 Å². The Bertz CT molecular complexity index is 506. The summed E-state index contributed by atoms with van der Waals surface area (Å²) in [5.41, 5.74) is 1.45. The van der Waals surface area contributed by atoms with E-state index in [9.17, 15) is 4.79 Å². The molecule has 0 radical (unpaired) electrons. The summed E-state index contributed by atoms with van der Waals surface area (Å²) in [6, 6.07) is 7.54. The Kier molecular flexibility index (Phi) is 6.01. The Labute approximate surface area is 119 Å². The first-order chi connectivity index (χ1) is 9.51. The average Bonchev–Trinajstić information content (AvgIpc) is 2.45. The monoisotopic (exact) mass is 276 g/mol. The van der Waals surface area contributed by atoms with Gasteiger partial charge in [-0.1, -0.05) is 0 Å². The summed E-state index contributed by atoms with van der Waals surface area (Å²) in [5.74, 6) is 0.425. The van der Waals surface area contributed by atoms with Crippen molar-refractivity contribution in [3.63, 3.8) is 0 Å². The highest BCUT2D eigenvalue weighted by molar-refractivity contribution is 5.71. The number of nitrogens with zero attached hydrogens (tertiary/aromatic N) is 2. The van der Waals surface area contributed by atoms with E-state index < -0.39 is 0 Å². The average molecular weight is 276 g/mol. The fourth-order valence-corrected chi connectivity index (χ4v) is 1.84. The van der Waals surface area contributed by atoms with Gasteiger partial charge in [-0.15, -0.1) is 0 Å². The quantitative estimate of drug-likeness (QED) is 0.743. The van der Waals surface area contributed by atoms with Gasteiger partial charge in [-0.05, 0) is 32.0 Å². The van der Waals surface area contributed by atoms with Gasteiger partial charge >= 0.3 is 5.97 Å². The van der Waals surface area contributed by atoms with Crippen LogP contribution in [0.3, 0.4) is 0 Å². The van der Waals surface area contributed by atoms with Gasteiger partial charge in [0.2, 0.25) is 0 Å². The molecular weight excluding hydrogens is 256 g/mol. The summed E-state index contributed by atoms with van der Waals surface area (Å²) >= 11 is 0. The molecule has 0 saturated carbocycles. The lowest BCUT2D eigenvalue weighted by atomic mass is 10.1. The highest BCUT2D eigenvalue weighted by Gasteiger charge is 2.17. The predicted octanol–water partition coefficient (Wildman–Crippen LogP) is 1.95. The van der Waals surface area contributed by atoms with E-state index in [1.54, 1.807) is 25.3 Å². The van der Waals surface area contributed by atoms with Crippen molar-refractivity contribution in [3.8, 4) is 11.8 Å². The van der Waals surface area contributed by atoms with Crippen molar-refractivity contribution in [1.29, 1.82) is 5.26 Å². The molecule has 0 N–H and O–H groups in total. The van der Waals surface area contributed by atoms with E-state index >= 15 is 0 Å². The van der Waals surface area contributed by atoms with Crippen LogP contribution in [0.1, 0.15) is 25.0 Å². The minimum atomic E-state index is -0.283. The predicted molar refractivity (Wildman–Crippen MR) is 75.3 cm³/mol. The third kappa shape index (κ3) is 4.25. The second kappa shape index (κ2) is 7.51. The molecule has 20 heavy (non-hydrogen) atoms. The lowest BCUT2D eigenvalue weighted by Crippen LogP contribution is -2.35. The summed E-state index contributed by atoms with van der Waals surface area (Å²) in [7, 11) is 2.96. The first-order valence-electron chi connectivity index (χ1n) is 6.39. The minimum absolute atomic E-state index is 0.171. The van der Waals surface area contributed by atoms with Crippen LogP contribution in [0.5, 0.6) is 5.75 Å². The molecule has 1 aromatic rings. The Balaban J connectivity index is 2.98. The highest BCUT2D eigenvalue weighted by Crippen LogP contribution is 2.22. The number of carbonyl (C=O) groups is 1. The Hall–Kier alpha value is -2.06. The lowest BCUT2D eigenvalue weighted by Gasteiger charge is -2.26. The third-order valence-electron chi connectivity index (χ3n) is 3.07. The lowest BCUT2D eigenvalue weighted by molar-refractivity contribution is -0.142. The summed E-state index contributed by atoms with van der Waals surface area (Å²) in [6.45, 7) is 4.73. The number of esters is 1. The molecule has 0 aliphatic heterocycles. The van der Waals surface area contributed by atoms with Crippen LogP contribution in [0, 0.1) is 11.3 Å². The Morgan fingerprint density at radius 1 is 1.40 bits per heavy atom. The maximum absolute atomic E-state index is 11.4. The Morgan fingerprint density at radius 3 is 2.60 bits per heavy atom. The number of hydrogen-bond donors (Lipinski definition) is 0. The van der Waals surface area contributed by atoms with E-state index in [0.29, 0.717) is 17.9 Å². The van der Waals surface area contributed by atoms with Crippen molar-refractivity contribution in [1.82, 2.24) is 4.90 Å². The van der Waals surface area contributed by atoms with E-state index in [1.165, 1.54) is 7.11 Å². The molecule has 0 amide bonds. The molecule has 1 rings (SSSR count).